The highest BCUT2D eigenvalue weighted by Gasteiger charge is 2.41. The van der Waals surface area contributed by atoms with Gasteiger partial charge in [-0.15, -0.1) is 0 Å². The Balaban J connectivity index is 1.48. The molecule has 0 aliphatic carbocycles. The second-order valence-corrected chi connectivity index (χ2v) is 8.39. The van der Waals surface area contributed by atoms with Crippen molar-refractivity contribution in [3.8, 4) is 17.1 Å². The molecule has 176 valence electrons. The standard InChI is InChI=1S/C24H14Cl2F3N5O/c25-14-8-9-20(17(26)11-14)34-21(24(27,28)29)16(12-30-34)23(35)31-15-5-3-4-13(10-15)22-32-18-6-1-2-7-19(18)33-22/h1-12H,(H,31,35)(H,32,33). The minimum absolute atomic E-state index is 0.0448. The zero-order valence-corrected chi connectivity index (χ0v) is 19.1. The topological polar surface area (TPSA) is 75.6 Å². The monoisotopic (exact) mass is 515 g/mol. The number of halogens is 5. The first-order valence-electron chi connectivity index (χ1n) is 10.2. The molecular weight excluding hydrogens is 502 g/mol. The molecule has 3 aromatic carbocycles. The van der Waals surface area contributed by atoms with Crippen LogP contribution in [-0.4, -0.2) is 25.7 Å². The first-order valence-corrected chi connectivity index (χ1v) is 10.9. The third-order valence-corrected chi connectivity index (χ3v) is 5.74. The summed E-state index contributed by atoms with van der Waals surface area (Å²) in [6.07, 6.45) is -4.03. The van der Waals surface area contributed by atoms with Crippen LogP contribution in [-0.2, 0) is 6.18 Å². The molecular formula is C24H14Cl2F3N5O. The summed E-state index contributed by atoms with van der Waals surface area (Å²) in [7, 11) is 0. The lowest BCUT2D eigenvalue weighted by molar-refractivity contribution is -0.143. The molecule has 0 aliphatic heterocycles. The number of aromatic amines is 1. The van der Waals surface area contributed by atoms with Crippen LogP contribution in [0.15, 0.2) is 72.9 Å². The third kappa shape index (κ3) is 4.48. The molecule has 2 N–H and O–H groups in total. The van der Waals surface area contributed by atoms with Crippen molar-refractivity contribution in [3.63, 3.8) is 0 Å². The highest BCUT2D eigenvalue weighted by molar-refractivity contribution is 6.35. The van der Waals surface area contributed by atoms with E-state index in [-0.39, 0.29) is 15.7 Å². The SMILES string of the molecule is O=C(Nc1cccc(-c2nc3ccccc3[nH]2)c1)c1cnn(-c2ccc(Cl)cc2Cl)c1C(F)(F)F. The minimum atomic E-state index is -4.89. The number of fused-ring (bicyclic) bond motifs is 1. The van der Waals surface area contributed by atoms with Crippen molar-refractivity contribution in [2.45, 2.75) is 6.18 Å². The summed E-state index contributed by atoms with van der Waals surface area (Å²) in [6, 6.07) is 18.1. The number of aromatic nitrogens is 4. The molecule has 0 fully saturated rings. The van der Waals surface area contributed by atoms with E-state index in [1.807, 2.05) is 24.3 Å². The number of amides is 1. The quantitative estimate of drug-likeness (QED) is 0.270. The largest absolute Gasteiger partial charge is 0.434 e. The Morgan fingerprint density at radius 2 is 1.80 bits per heavy atom. The highest BCUT2D eigenvalue weighted by Crippen LogP contribution is 2.36. The van der Waals surface area contributed by atoms with Crippen molar-refractivity contribution in [1.29, 1.82) is 0 Å². The fourth-order valence-electron chi connectivity index (χ4n) is 3.66. The number of carbonyl (C=O) groups is 1. The summed E-state index contributed by atoms with van der Waals surface area (Å²) in [4.78, 5) is 20.6. The maximum atomic E-state index is 14.0. The van der Waals surface area contributed by atoms with Gasteiger partial charge >= 0.3 is 6.18 Å². The number of rotatable bonds is 4. The van der Waals surface area contributed by atoms with Crippen molar-refractivity contribution in [1.82, 2.24) is 19.7 Å². The van der Waals surface area contributed by atoms with Gasteiger partial charge in [0.05, 0.1) is 33.5 Å². The van der Waals surface area contributed by atoms with E-state index in [9.17, 15) is 18.0 Å². The van der Waals surface area contributed by atoms with Gasteiger partial charge in [0.2, 0.25) is 0 Å². The van der Waals surface area contributed by atoms with Crippen LogP contribution < -0.4 is 5.32 Å². The van der Waals surface area contributed by atoms with Crippen LogP contribution in [0.2, 0.25) is 10.0 Å². The highest BCUT2D eigenvalue weighted by atomic mass is 35.5. The molecule has 6 nitrogen and oxygen atoms in total. The predicted molar refractivity (Wildman–Crippen MR) is 128 cm³/mol. The van der Waals surface area contributed by atoms with E-state index in [0.717, 1.165) is 17.2 Å². The van der Waals surface area contributed by atoms with Gasteiger partial charge in [-0.25, -0.2) is 9.67 Å². The first kappa shape index (κ1) is 22.9. The summed E-state index contributed by atoms with van der Waals surface area (Å²) in [6.45, 7) is 0. The van der Waals surface area contributed by atoms with Gasteiger partial charge in [0, 0.05) is 16.3 Å². The molecule has 0 saturated carbocycles. The molecule has 0 bridgehead atoms. The van der Waals surface area contributed by atoms with Crippen LogP contribution in [0.5, 0.6) is 0 Å². The molecule has 35 heavy (non-hydrogen) atoms. The molecule has 2 aromatic heterocycles. The molecule has 0 radical (unpaired) electrons. The van der Waals surface area contributed by atoms with Gasteiger partial charge in [0.1, 0.15) is 5.82 Å². The number of nitrogens with zero attached hydrogens (tertiary/aromatic N) is 3. The van der Waals surface area contributed by atoms with E-state index >= 15 is 0 Å². The van der Waals surface area contributed by atoms with E-state index in [1.165, 1.54) is 18.2 Å². The Morgan fingerprint density at radius 3 is 2.54 bits per heavy atom. The summed E-state index contributed by atoms with van der Waals surface area (Å²) in [5, 5.41) is 6.51. The van der Waals surface area contributed by atoms with E-state index in [2.05, 4.69) is 20.4 Å². The fraction of sp³-hybridized carbons (Fsp3) is 0.0417. The molecule has 11 heteroatoms. The average molecular weight is 516 g/mol. The van der Waals surface area contributed by atoms with Crippen LogP contribution in [0.1, 0.15) is 16.1 Å². The summed E-state index contributed by atoms with van der Waals surface area (Å²) >= 11 is 11.9. The van der Waals surface area contributed by atoms with Crippen molar-refractivity contribution in [2.75, 3.05) is 5.32 Å². The van der Waals surface area contributed by atoms with Gasteiger partial charge in [-0.2, -0.15) is 18.3 Å². The number of H-pyrrole nitrogens is 1. The van der Waals surface area contributed by atoms with Gasteiger partial charge in [-0.3, -0.25) is 4.79 Å². The van der Waals surface area contributed by atoms with Crippen LogP contribution in [0.3, 0.4) is 0 Å². The van der Waals surface area contributed by atoms with Crippen LogP contribution in [0.25, 0.3) is 28.1 Å². The number of nitrogens with one attached hydrogen (secondary N) is 2. The van der Waals surface area contributed by atoms with Gasteiger partial charge in [-0.05, 0) is 42.5 Å². The van der Waals surface area contributed by atoms with E-state index < -0.39 is 23.3 Å². The van der Waals surface area contributed by atoms with Crippen LogP contribution in [0, 0.1) is 0 Å². The van der Waals surface area contributed by atoms with E-state index in [1.54, 1.807) is 24.3 Å². The second-order valence-electron chi connectivity index (χ2n) is 7.55. The van der Waals surface area contributed by atoms with Gasteiger partial charge < -0.3 is 10.3 Å². The van der Waals surface area contributed by atoms with Crippen LogP contribution in [0.4, 0.5) is 18.9 Å². The number of para-hydroxylation sites is 2. The lowest BCUT2D eigenvalue weighted by atomic mass is 10.1. The molecule has 5 rings (SSSR count). The van der Waals surface area contributed by atoms with Crippen molar-refractivity contribution in [3.05, 3.63) is 94.2 Å². The Morgan fingerprint density at radius 1 is 1.00 bits per heavy atom. The fourth-order valence-corrected chi connectivity index (χ4v) is 4.14. The maximum absolute atomic E-state index is 14.0. The summed E-state index contributed by atoms with van der Waals surface area (Å²) in [5.41, 5.74) is 0.566. The van der Waals surface area contributed by atoms with Crippen molar-refractivity contribution in [2.24, 2.45) is 0 Å². The molecule has 0 saturated heterocycles. The van der Waals surface area contributed by atoms with Crippen molar-refractivity contribution >= 4 is 45.8 Å². The normalized spacial score (nSPS) is 11.7. The van der Waals surface area contributed by atoms with Crippen LogP contribution >= 0.6 is 23.2 Å². The molecule has 0 atom stereocenters. The average Bonchev–Trinajstić information content (AvgIpc) is 3.44. The zero-order valence-electron chi connectivity index (χ0n) is 17.6. The van der Waals surface area contributed by atoms with E-state index in [4.69, 9.17) is 23.2 Å². The Hall–Kier alpha value is -3.82. The number of carbonyl (C=O) groups excluding carboxylic acids is 1. The van der Waals surface area contributed by atoms with E-state index in [0.29, 0.717) is 21.8 Å². The zero-order chi connectivity index (χ0) is 24.7. The number of benzene rings is 3. The number of imidazole rings is 1. The first-order chi connectivity index (χ1) is 16.7. The smallest absolute Gasteiger partial charge is 0.338 e. The summed E-state index contributed by atoms with van der Waals surface area (Å²) in [5.74, 6) is -0.418. The predicted octanol–water partition coefficient (Wildman–Crippen LogP) is 6.99. The van der Waals surface area contributed by atoms with Crippen molar-refractivity contribution < 1.29 is 18.0 Å². The Kier molecular flexibility index (Phi) is 5.74. The lowest BCUT2D eigenvalue weighted by Crippen LogP contribution is -2.20. The Labute approximate surface area is 206 Å². The van der Waals surface area contributed by atoms with Gasteiger partial charge in [0.25, 0.3) is 5.91 Å². The molecule has 1 amide bonds. The molecule has 5 aromatic rings. The third-order valence-electron chi connectivity index (χ3n) is 5.20. The number of hydrogen-bond acceptors (Lipinski definition) is 3. The minimum Gasteiger partial charge on any atom is -0.338 e. The second kappa shape index (κ2) is 8.75. The molecule has 0 aliphatic rings. The molecule has 0 spiro atoms. The molecule has 0 unspecified atom stereocenters. The molecule has 2 heterocycles. The lowest BCUT2D eigenvalue weighted by Gasteiger charge is -2.14. The summed E-state index contributed by atoms with van der Waals surface area (Å²) < 4.78 is 42.6. The van der Waals surface area contributed by atoms with Gasteiger partial charge in [0.15, 0.2) is 5.69 Å². The number of hydrogen-bond donors (Lipinski definition) is 2. The number of alkyl halides is 3. The number of anilines is 1. The van der Waals surface area contributed by atoms with Gasteiger partial charge in [-0.1, -0.05) is 47.5 Å². The maximum Gasteiger partial charge on any atom is 0.434 e. The Bertz CT molecular complexity index is 1540.